The number of nitrogens with zero attached hydrogens (tertiary/aromatic N) is 1. The van der Waals surface area contributed by atoms with Crippen molar-refractivity contribution in [2.75, 3.05) is 5.75 Å². The molecule has 0 fully saturated rings. The van der Waals surface area contributed by atoms with Crippen LogP contribution in [0.5, 0.6) is 0 Å². The fourth-order valence-electron chi connectivity index (χ4n) is 1.62. The molecule has 1 aromatic carbocycles. The first-order valence-corrected chi connectivity index (χ1v) is 6.96. The number of aryl methyl sites for hydroxylation is 1. The fraction of sp³-hybridized carbons (Fsp3) is 0.250. The van der Waals surface area contributed by atoms with Crippen molar-refractivity contribution in [3.8, 4) is 11.1 Å². The van der Waals surface area contributed by atoms with Crippen molar-refractivity contribution in [2.45, 2.75) is 18.9 Å². The molecule has 0 radical (unpaired) electrons. The van der Waals surface area contributed by atoms with Gasteiger partial charge in [-0.25, -0.2) is 8.42 Å². The molecule has 0 amide bonds. The van der Waals surface area contributed by atoms with Crippen LogP contribution in [0.4, 0.5) is 0 Å². The van der Waals surface area contributed by atoms with Crippen LogP contribution in [-0.2, 0) is 9.84 Å². The maximum atomic E-state index is 11.9. The third kappa shape index (κ3) is 2.10. The predicted molar refractivity (Wildman–Crippen MR) is 64.4 cm³/mol. The minimum atomic E-state index is -3.39. The lowest BCUT2D eigenvalue weighted by Gasteiger charge is -2.02. The second-order valence-corrected chi connectivity index (χ2v) is 5.88. The standard InChI is InChI=1S/C12H13NO3S/c1-3-17(14,15)12-11(9(2)13-16-12)10-7-5-4-6-8-10/h4-8H,3H2,1-2H3. The van der Waals surface area contributed by atoms with Gasteiger partial charge in [-0.05, 0) is 12.5 Å². The number of hydrogen-bond donors (Lipinski definition) is 0. The molecule has 0 saturated carbocycles. The second-order valence-electron chi connectivity index (χ2n) is 3.70. The Morgan fingerprint density at radius 2 is 1.88 bits per heavy atom. The van der Waals surface area contributed by atoms with Crippen molar-refractivity contribution in [3.05, 3.63) is 36.0 Å². The van der Waals surface area contributed by atoms with E-state index in [1.165, 1.54) is 0 Å². The Balaban J connectivity index is 2.67. The van der Waals surface area contributed by atoms with Crippen molar-refractivity contribution >= 4 is 9.84 Å². The quantitative estimate of drug-likeness (QED) is 0.840. The molecule has 2 aromatic rings. The van der Waals surface area contributed by atoms with Gasteiger partial charge in [0.1, 0.15) is 0 Å². The molecule has 1 heterocycles. The Kier molecular flexibility index (Phi) is 3.02. The van der Waals surface area contributed by atoms with E-state index in [1.54, 1.807) is 13.8 Å². The van der Waals surface area contributed by atoms with E-state index in [0.29, 0.717) is 11.3 Å². The molecule has 0 aliphatic rings. The third-order valence-electron chi connectivity index (χ3n) is 2.56. The summed E-state index contributed by atoms with van der Waals surface area (Å²) in [5, 5.41) is 3.71. The highest BCUT2D eigenvalue weighted by Gasteiger charge is 2.25. The summed E-state index contributed by atoms with van der Waals surface area (Å²) in [7, 11) is -3.39. The van der Waals surface area contributed by atoms with Gasteiger partial charge in [0.15, 0.2) is 0 Å². The van der Waals surface area contributed by atoms with Gasteiger partial charge in [0, 0.05) is 0 Å². The molecular formula is C12H13NO3S. The van der Waals surface area contributed by atoms with E-state index in [9.17, 15) is 8.42 Å². The summed E-state index contributed by atoms with van der Waals surface area (Å²) < 4.78 is 28.7. The Morgan fingerprint density at radius 3 is 2.47 bits per heavy atom. The monoisotopic (exact) mass is 251 g/mol. The number of sulfone groups is 1. The van der Waals surface area contributed by atoms with Crippen LogP contribution in [0, 0.1) is 6.92 Å². The average Bonchev–Trinajstić information content (AvgIpc) is 2.73. The summed E-state index contributed by atoms with van der Waals surface area (Å²) in [6.07, 6.45) is 0. The van der Waals surface area contributed by atoms with Gasteiger partial charge in [-0.3, -0.25) is 0 Å². The SMILES string of the molecule is CCS(=O)(=O)c1onc(C)c1-c1ccccc1. The molecule has 0 spiro atoms. The van der Waals surface area contributed by atoms with Gasteiger partial charge in [-0.1, -0.05) is 42.4 Å². The first kappa shape index (κ1) is 11.9. The first-order chi connectivity index (χ1) is 8.06. The lowest BCUT2D eigenvalue weighted by Crippen LogP contribution is -2.03. The van der Waals surface area contributed by atoms with E-state index in [0.717, 1.165) is 5.56 Å². The van der Waals surface area contributed by atoms with E-state index < -0.39 is 9.84 Å². The highest BCUT2D eigenvalue weighted by atomic mass is 32.2. The van der Waals surface area contributed by atoms with Crippen molar-refractivity contribution in [1.82, 2.24) is 5.16 Å². The van der Waals surface area contributed by atoms with Crippen LogP contribution in [0.2, 0.25) is 0 Å². The zero-order chi connectivity index (χ0) is 12.5. The predicted octanol–water partition coefficient (Wildman–Crippen LogP) is 2.44. The van der Waals surface area contributed by atoms with Gasteiger partial charge < -0.3 is 4.52 Å². The molecule has 0 saturated heterocycles. The zero-order valence-electron chi connectivity index (χ0n) is 9.67. The van der Waals surface area contributed by atoms with Crippen LogP contribution in [-0.4, -0.2) is 19.3 Å². The number of aromatic nitrogens is 1. The molecule has 0 aliphatic carbocycles. The molecule has 5 heteroatoms. The Hall–Kier alpha value is -1.62. The van der Waals surface area contributed by atoms with Gasteiger partial charge in [-0.15, -0.1) is 0 Å². The van der Waals surface area contributed by atoms with E-state index in [2.05, 4.69) is 5.16 Å². The molecule has 0 unspecified atom stereocenters. The molecular weight excluding hydrogens is 238 g/mol. The van der Waals surface area contributed by atoms with Crippen LogP contribution < -0.4 is 0 Å². The molecule has 1 aromatic heterocycles. The van der Waals surface area contributed by atoms with Crippen LogP contribution >= 0.6 is 0 Å². The van der Waals surface area contributed by atoms with Crippen LogP contribution in [0.15, 0.2) is 39.9 Å². The lowest BCUT2D eigenvalue weighted by atomic mass is 10.1. The molecule has 2 rings (SSSR count). The summed E-state index contributed by atoms with van der Waals surface area (Å²) in [5.41, 5.74) is 1.95. The van der Waals surface area contributed by atoms with Crippen molar-refractivity contribution in [1.29, 1.82) is 0 Å². The van der Waals surface area contributed by atoms with Gasteiger partial charge in [-0.2, -0.15) is 0 Å². The number of hydrogen-bond acceptors (Lipinski definition) is 4. The Labute approximate surface area is 100 Å². The molecule has 90 valence electrons. The maximum Gasteiger partial charge on any atom is 0.258 e. The molecule has 0 N–H and O–H groups in total. The fourth-order valence-corrected chi connectivity index (χ4v) is 2.61. The Morgan fingerprint density at radius 1 is 1.24 bits per heavy atom. The topological polar surface area (TPSA) is 60.2 Å². The number of benzene rings is 1. The molecule has 17 heavy (non-hydrogen) atoms. The minimum Gasteiger partial charge on any atom is -0.344 e. The van der Waals surface area contributed by atoms with E-state index >= 15 is 0 Å². The van der Waals surface area contributed by atoms with Crippen molar-refractivity contribution < 1.29 is 12.9 Å². The van der Waals surface area contributed by atoms with Gasteiger partial charge >= 0.3 is 0 Å². The van der Waals surface area contributed by atoms with Gasteiger partial charge in [0.25, 0.3) is 5.09 Å². The molecule has 4 nitrogen and oxygen atoms in total. The summed E-state index contributed by atoms with van der Waals surface area (Å²) >= 11 is 0. The van der Waals surface area contributed by atoms with Crippen LogP contribution in [0.25, 0.3) is 11.1 Å². The summed E-state index contributed by atoms with van der Waals surface area (Å²) in [6.45, 7) is 3.32. The molecule has 0 aliphatic heterocycles. The van der Waals surface area contributed by atoms with Crippen LogP contribution in [0.1, 0.15) is 12.6 Å². The van der Waals surface area contributed by atoms with Crippen molar-refractivity contribution in [2.24, 2.45) is 0 Å². The largest absolute Gasteiger partial charge is 0.344 e. The number of rotatable bonds is 3. The zero-order valence-corrected chi connectivity index (χ0v) is 10.5. The van der Waals surface area contributed by atoms with E-state index in [1.807, 2.05) is 30.3 Å². The van der Waals surface area contributed by atoms with Gasteiger partial charge in [0.05, 0.1) is 17.0 Å². The molecule has 0 atom stereocenters. The maximum absolute atomic E-state index is 11.9. The highest BCUT2D eigenvalue weighted by molar-refractivity contribution is 7.91. The average molecular weight is 251 g/mol. The summed E-state index contributed by atoms with van der Waals surface area (Å²) in [6, 6.07) is 9.26. The van der Waals surface area contributed by atoms with E-state index in [-0.39, 0.29) is 10.8 Å². The summed E-state index contributed by atoms with van der Waals surface area (Å²) in [5.74, 6) is 0.00146. The summed E-state index contributed by atoms with van der Waals surface area (Å²) in [4.78, 5) is 0. The van der Waals surface area contributed by atoms with Crippen molar-refractivity contribution in [3.63, 3.8) is 0 Å². The van der Waals surface area contributed by atoms with Crippen LogP contribution in [0.3, 0.4) is 0 Å². The Bertz CT molecular complexity index is 614. The normalized spacial score (nSPS) is 11.6. The highest BCUT2D eigenvalue weighted by Crippen LogP contribution is 2.30. The lowest BCUT2D eigenvalue weighted by molar-refractivity contribution is 0.337. The molecule has 0 bridgehead atoms. The van der Waals surface area contributed by atoms with E-state index in [4.69, 9.17) is 4.52 Å². The smallest absolute Gasteiger partial charge is 0.258 e. The van der Waals surface area contributed by atoms with Gasteiger partial charge in [0.2, 0.25) is 9.84 Å². The second kappa shape index (κ2) is 4.33. The third-order valence-corrected chi connectivity index (χ3v) is 4.16. The minimum absolute atomic E-state index is 0.00146. The first-order valence-electron chi connectivity index (χ1n) is 5.30.